The van der Waals surface area contributed by atoms with Gasteiger partial charge in [-0.25, -0.2) is 18.3 Å². The topological polar surface area (TPSA) is 107 Å². The molecule has 12 heteroatoms. The Labute approximate surface area is 199 Å². The van der Waals surface area contributed by atoms with Crippen LogP contribution in [0.4, 0.5) is 20.3 Å². The van der Waals surface area contributed by atoms with Gasteiger partial charge in [0.05, 0.1) is 36.7 Å². The Balaban J connectivity index is 1.25. The van der Waals surface area contributed by atoms with E-state index in [1.807, 2.05) is 6.07 Å². The number of hydrogen-bond donors (Lipinski definition) is 1. The van der Waals surface area contributed by atoms with E-state index in [-0.39, 0.29) is 35.4 Å². The summed E-state index contributed by atoms with van der Waals surface area (Å²) in [7, 11) is 0. The Morgan fingerprint density at radius 2 is 2.06 bits per heavy atom. The van der Waals surface area contributed by atoms with E-state index in [1.165, 1.54) is 21.6 Å². The summed E-state index contributed by atoms with van der Waals surface area (Å²) in [6.45, 7) is 1.40. The van der Waals surface area contributed by atoms with Gasteiger partial charge in [-0.15, -0.1) is 0 Å². The number of alkyl halides is 2. The molecule has 0 spiro atoms. The molecule has 1 aliphatic carbocycles. The number of nitrogens with one attached hydrogen (secondary N) is 1. The van der Waals surface area contributed by atoms with Crippen molar-refractivity contribution in [2.75, 3.05) is 23.4 Å². The zero-order chi connectivity index (χ0) is 24.1. The summed E-state index contributed by atoms with van der Waals surface area (Å²) in [5.41, 5.74) is 0.0230. The van der Waals surface area contributed by atoms with Crippen LogP contribution in [0, 0.1) is 5.92 Å². The molecule has 3 aromatic rings. The highest BCUT2D eigenvalue weighted by atomic mass is 19.3. The molecule has 5 heterocycles. The fourth-order valence-corrected chi connectivity index (χ4v) is 5.40. The molecule has 2 atom stereocenters. The fourth-order valence-electron chi connectivity index (χ4n) is 5.40. The van der Waals surface area contributed by atoms with Crippen molar-refractivity contribution < 1.29 is 23.1 Å². The Kier molecular flexibility index (Phi) is 5.47. The first kappa shape index (κ1) is 22.1. The summed E-state index contributed by atoms with van der Waals surface area (Å²) in [4.78, 5) is 31.0. The highest BCUT2D eigenvalue weighted by molar-refractivity contribution is 6.08. The average Bonchev–Trinajstić information content (AvgIpc) is 3.66. The van der Waals surface area contributed by atoms with E-state index in [0.717, 1.165) is 25.1 Å². The predicted molar refractivity (Wildman–Crippen MR) is 121 cm³/mol. The van der Waals surface area contributed by atoms with Crippen LogP contribution in [0.25, 0.3) is 5.65 Å². The highest BCUT2D eigenvalue weighted by Gasteiger charge is 2.39. The first-order chi connectivity index (χ1) is 17.0. The number of carbonyl (C=O) groups excluding carboxylic acids is 2. The average molecular weight is 485 g/mol. The second kappa shape index (κ2) is 8.67. The van der Waals surface area contributed by atoms with E-state index in [2.05, 4.69) is 25.4 Å². The molecule has 6 rings (SSSR count). The van der Waals surface area contributed by atoms with Crippen LogP contribution < -0.4 is 10.2 Å². The number of fused-ring (bicyclic) bond motifs is 3. The van der Waals surface area contributed by atoms with Gasteiger partial charge in [-0.1, -0.05) is 0 Å². The van der Waals surface area contributed by atoms with Crippen LogP contribution in [0.2, 0.25) is 0 Å². The number of hydrogen-bond acceptors (Lipinski definition) is 7. The monoisotopic (exact) mass is 485 g/mol. The zero-order valence-corrected chi connectivity index (χ0v) is 18.9. The molecule has 2 bridgehead atoms. The number of carbonyl (C=O) groups is 2. The minimum atomic E-state index is -2.85. The molecule has 2 aliphatic heterocycles. The number of aromatic nitrogens is 5. The minimum Gasteiger partial charge on any atom is -0.374 e. The lowest BCUT2D eigenvalue weighted by Gasteiger charge is -2.27. The molecule has 0 radical (unpaired) electrons. The SMILES string of the molecule is O=CC1CCC(n2cc(NC(=O)c3cnn4ccc(N5CC6CC5CO6)nc34)c(C(F)F)n2)CC1. The van der Waals surface area contributed by atoms with Crippen LogP contribution in [-0.2, 0) is 9.53 Å². The Bertz CT molecular complexity index is 1270. The predicted octanol–water partition coefficient (Wildman–Crippen LogP) is 3.02. The lowest BCUT2D eigenvalue weighted by atomic mass is 9.87. The van der Waals surface area contributed by atoms with Gasteiger partial charge >= 0.3 is 0 Å². The molecule has 2 saturated heterocycles. The van der Waals surface area contributed by atoms with Gasteiger partial charge in [-0.2, -0.15) is 10.2 Å². The first-order valence-corrected chi connectivity index (χ1v) is 11.9. The van der Waals surface area contributed by atoms with Crippen molar-refractivity contribution in [2.24, 2.45) is 5.92 Å². The van der Waals surface area contributed by atoms with Crippen LogP contribution in [-0.4, -0.2) is 61.9 Å². The molecule has 1 saturated carbocycles. The molecule has 10 nitrogen and oxygen atoms in total. The molecule has 35 heavy (non-hydrogen) atoms. The quantitative estimate of drug-likeness (QED) is 0.535. The number of ether oxygens (including phenoxy) is 1. The summed E-state index contributed by atoms with van der Waals surface area (Å²) in [5, 5.41) is 10.9. The van der Waals surface area contributed by atoms with E-state index >= 15 is 0 Å². The van der Waals surface area contributed by atoms with Gasteiger partial charge < -0.3 is 19.7 Å². The number of anilines is 2. The van der Waals surface area contributed by atoms with E-state index < -0.39 is 18.0 Å². The third-order valence-corrected chi connectivity index (χ3v) is 7.32. The van der Waals surface area contributed by atoms with Gasteiger partial charge in [0, 0.05) is 24.9 Å². The highest BCUT2D eigenvalue weighted by Crippen LogP contribution is 2.35. The summed E-state index contributed by atoms with van der Waals surface area (Å²) in [6, 6.07) is 2.02. The Hall–Kier alpha value is -3.41. The molecule has 0 aromatic carbocycles. The molecule has 3 aliphatic rings. The summed E-state index contributed by atoms with van der Waals surface area (Å²) >= 11 is 0. The van der Waals surface area contributed by atoms with Crippen LogP contribution in [0.3, 0.4) is 0 Å². The van der Waals surface area contributed by atoms with Gasteiger partial charge in [0.2, 0.25) is 0 Å². The van der Waals surface area contributed by atoms with Crippen LogP contribution in [0.5, 0.6) is 0 Å². The van der Waals surface area contributed by atoms with Gasteiger partial charge in [0.15, 0.2) is 11.3 Å². The second-order valence-corrected chi connectivity index (χ2v) is 9.48. The maximum atomic E-state index is 13.8. The molecule has 3 fully saturated rings. The Morgan fingerprint density at radius 1 is 1.23 bits per heavy atom. The van der Waals surface area contributed by atoms with Crippen molar-refractivity contribution in [2.45, 2.75) is 56.7 Å². The van der Waals surface area contributed by atoms with Crippen LogP contribution >= 0.6 is 0 Å². The summed E-state index contributed by atoms with van der Waals surface area (Å²) < 4.78 is 36.1. The maximum Gasteiger partial charge on any atom is 0.284 e. The summed E-state index contributed by atoms with van der Waals surface area (Å²) in [5.74, 6) is 0.156. The molecular formula is C23H25F2N7O3. The van der Waals surface area contributed by atoms with Gasteiger partial charge in [-0.3, -0.25) is 9.48 Å². The van der Waals surface area contributed by atoms with Crippen molar-refractivity contribution in [3.8, 4) is 0 Å². The van der Waals surface area contributed by atoms with Crippen LogP contribution in [0.1, 0.15) is 60.6 Å². The lowest BCUT2D eigenvalue weighted by molar-refractivity contribution is -0.112. The lowest BCUT2D eigenvalue weighted by Crippen LogP contribution is -2.37. The first-order valence-electron chi connectivity index (χ1n) is 11.9. The molecule has 2 unspecified atom stereocenters. The Morgan fingerprint density at radius 3 is 2.74 bits per heavy atom. The van der Waals surface area contributed by atoms with E-state index in [0.29, 0.717) is 37.9 Å². The van der Waals surface area contributed by atoms with Crippen LogP contribution in [0.15, 0.2) is 24.7 Å². The van der Waals surface area contributed by atoms with Gasteiger partial charge in [0.1, 0.15) is 17.7 Å². The number of amides is 1. The van der Waals surface area contributed by atoms with Crippen molar-refractivity contribution in [1.29, 1.82) is 0 Å². The summed E-state index contributed by atoms with van der Waals surface area (Å²) in [6.07, 6.45) is 6.56. The van der Waals surface area contributed by atoms with Gasteiger partial charge in [-0.05, 0) is 38.2 Å². The maximum absolute atomic E-state index is 13.8. The van der Waals surface area contributed by atoms with Gasteiger partial charge in [0.25, 0.3) is 12.3 Å². The molecule has 184 valence electrons. The van der Waals surface area contributed by atoms with E-state index in [4.69, 9.17) is 4.74 Å². The zero-order valence-electron chi connectivity index (χ0n) is 18.9. The number of halogens is 2. The number of aldehydes is 1. The molecule has 3 aromatic heterocycles. The number of morpholine rings is 1. The largest absolute Gasteiger partial charge is 0.374 e. The molecule has 1 amide bonds. The van der Waals surface area contributed by atoms with Crippen molar-refractivity contribution in [3.05, 3.63) is 35.9 Å². The molecular weight excluding hydrogens is 460 g/mol. The smallest absolute Gasteiger partial charge is 0.284 e. The van der Waals surface area contributed by atoms with Crippen molar-refractivity contribution in [1.82, 2.24) is 24.4 Å². The third-order valence-electron chi connectivity index (χ3n) is 7.32. The van der Waals surface area contributed by atoms with Crippen molar-refractivity contribution >= 4 is 29.3 Å². The van der Waals surface area contributed by atoms with Crippen molar-refractivity contribution in [3.63, 3.8) is 0 Å². The second-order valence-electron chi connectivity index (χ2n) is 9.48. The molecule has 1 N–H and O–H groups in total. The normalized spacial score (nSPS) is 26.1. The van der Waals surface area contributed by atoms with E-state index in [1.54, 1.807) is 6.20 Å². The minimum absolute atomic E-state index is 0.00632. The number of rotatable bonds is 6. The third kappa shape index (κ3) is 3.95. The van der Waals surface area contributed by atoms with E-state index in [9.17, 15) is 18.4 Å². The fraction of sp³-hybridized carbons (Fsp3) is 0.522. The number of nitrogens with zero attached hydrogens (tertiary/aromatic N) is 6. The standard InChI is InChI=1S/C23H25F2N7O3/c24-21(25)20-18(10-32(29-20)14-3-1-13(11-33)2-4-14)27-23(34)17-8-26-31-6-5-19(28-22(17)31)30-9-16-7-15(30)12-35-16/h5-6,8,10-11,13-16,21H,1-4,7,9,12H2,(H,27,34).